The van der Waals surface area contributed by atoms with Crippen LogP contribution in [0.3, 0.4) is 0 Å². The number of benzene rings is 1. The van der Waals surface area contributed by atoms with Crippen molar-refractivity contribution in [2.75, 3.05) is 6.61 Å². The third-order valence-electron chi connectivity index (χ3n) is 3.37. The van der Waals surface area contributed by atoms with Gasteiger partial charge in [0, 0.05) is 0 Å². The molecule has 0 fully saturated rings. The standard InChI is InChI=1S/C15H17NO4/c1-2-7-20-14(19)16-15(10-13(17)18)8-11-5-3-4-6-12(11)9-15/h2-6H,1,7-10H2,(H,16,19)(H,17,18). The molecule has 1 aromatic carbocycles. The van der Waals surface area contributed by atoms with Gasteiger partial charge in [0.1, 0.15) is 6.61 Å². The molecule has 2 rings (SSSR count). The van der Waals surface area contributed by atoms with E-state index in [2.05, 4.69) is 11.9 Å². The second kappa shape index (κ2) is 5.77. The summed E-state index contributed by atoms with van der Waals surface area (Å²) in [6.07, 6.45) is 1.72. The molecule has 0 bridgehead atoms. The Kier molecular flexibility index (Phi) is 4.08. The van der Waals surface area contributed by atoms with Gasteiger partial charge in [-0.1, -0.05) is 36.9 Å². The Morgan fingerprint density at radius 3 is 2.45 bits per heavy atom. The highest BCUT2D eigenvalue weighted by molar-refractivity contribution is 5.73. The van der Waals surface area contributed by atoms with E-state index in [1.165, 1.54) is 6.08 Å². The Morgan fingerprint density at radius 2 is 1.95 bits per heavy atom. The van der Waals surface area contributed by atoms with Crippen LogP contribution in [0.5, 0.6) is 0 Å². The lowest BCUT2D eigenvalue weighted by molar-refractivity contribution is -0.138. The zero-order valence-electron chi connectivity index (χ0n) is 11.1. The number of nitrogens with one attached hydrogen (secondary N) is 1. The summed E-state index contributed by atoms with van der Waals surface area (Å²) in [5.41, 5.74) is 1.32. The number of ether oxygens (including phenoxy) is 1. The maximum atomic E-state index is 11.7. The maximum Gasteiger partial charge on any atom is 0.407 e. The first kappa shape index (κ1) is 14.1. The number of hydrogen-bond donors (Lipinski definition) is 2. The summed E-state index contributed by atoms with van der Waals surface area (Å²) in [5, 5.41) is 11.8. The highest BCUT2D eigenvalue weighted by Gasteiger charge is 2.40. The minimum Gasteiger partial charge on any atom is -0.481 e. The molecule has 0 aromatic heterocycles. The fourth-order valence-corrected chi connectivity index (χ4v) is 2.63. The van der Waals surface area contributed by atoms with Crippen LogP contribution in [-0.4, -0.2) is 29.3 Å². The first-order chi connectivity index (χ1) is 9.54. The first-order valence-electron chi connectivity index (χ1n) is 6.39. The number of rotatable bonds is 5. The number of carboxylic acid groups (broad SMARTS) is 1. The fraction of sp³-hybridized carbons (Fsp3) is 0.333. The number of amides is 1. The van der Waals surface area contributed by atoms with Crippen LogP contribution in [0.1, 0.15) is 17.5 Å². The molecule has 0 saturated heterocycles. The van der Waals surface area contributed by atoms with Crippen LogP contribution >= 0.6 is 0 Å². The minimum absolute atomic E-state index is 0.0991. The maximum absolute atomic E-state index is 11.7. The second-order valence-corrected chi connectivity index (χ2v) is 4.99. The van der Waals surface area contributed by atoms with Gasteiger partial charge in [-0.2, -0.15) is 0 Å². The second-order valence-electron chi connectivity index (χ2n) is 4.99. The monoisotopic (exact) mass is 275 g/mol. The van der Waals surface area contributed by atoms with E-state index in [9.17, 15) is 9.59 Å². The number of carboxylic acids is 1. The number of aliphatic carboxylic acids is 1. The van der Waals surface area contributed by atoms with Crippen LogP contribution in [0.2, 0.25) is 0 Å². The molecule has 5 heteroatoms. The first-order valence-corrected chi connectivity index (χ1v) is 6.39. The Morgan fingerprint density at radius 1 is 1.35 bits per heavy atom. The van der Waals surface area contributed by atoms with Crippen molar-refractivity contribution in [3.63, 3.8) is 0 Å². The Hall–Kier alpha value is -2.30. The molecule has 2 N–H and O–H groups in total. The van der Waals surface area contributed by atoms with E-state index in [1.54, 1.807) is 0 Å². The predicted octanol–water partition coefficient (Wildman–Crippen LogP) is 1.91. The molecule has 0 radical (unpaired) electrons. The molecule has 20 heavy (non-hydrogen) atoms. The number of hydrogen-bond acceptors (Lipinski definition) is 3. The van der Waals surface area contributed by atoms with Gasteiger partial charge in [0.25, 0.3) is 0 Å². The fourth-order valence-electron chi connectivity index (χ4n) is 2.63. The van der Waals surface area contributed by atoms with Crippen LogP contribution < -0.4 is 5.32 Å². The SMILES string of the molecule is C=CCOC(=O)NC1(CC(=O)O)Cc2ccccc2C1. The molecule has 1 amide bonds. The lowest BCUT2D eigenvalue weighted by Crippen LogP contribution is -2.51. The zero-order chi connectivity index (χ0) is 14.6. The quantitative estimate of drug-likeness (QED) is 0.805. The minimum atomic E-state index is -0.943. The molecular formula is C15H17NO4. The van der Waals surface area contributed by atoms with E-state index in [0.717, 1.165) is 11.1 Å². The van der Waals surface area contributed by atoms with E-state index in [4.69, 9.17) is 9.84 Å². The van der Waals surface area contributed by atoms with Crippen molar-refractivity contribution in [1.29, 1.82) is 0 Å². The summed E-state index contributed by atoms with van der Waals surface area (Å²) < 4.78 is 4.90. The third-order valence-corrected chi connectivity index (χ3v) is 3.37. The molecule has 0 unspecified atom stereocenters. The summed E-state index contributed by atoms with van der Waals surface area (Å²) in [7, 11) is 0. The highest BCUT2D eigenvalue weighted by atomic mass is 16.5. The summed E-state index contributed by atoms with van der Waals surface area (Å²) in [6, 6.07) is 7.73. The third kappa shape index (κ3) is 3.17. The lowest BCUT2D eigenvalue weighted by Gasteiger charge is -2.28. The van der Waals surface area contributed by atoms with Gasteiger partial charge in [-0.3, -0.25) is 4.79 Å². The van der Waals surface area contributed by atoms with Gasteiger partial charge >= 0.3 is 12.1 Å². The van der Waals surface area contributed by atoms with Gasteiger partial charge in [0.05, 0.1) is 12.0 Å². The summed E-state index contributed by atoms with van der Waals surface area (Å²) in [4.78, 5) is 22.8. The van der Waals surface area contributed by atoms with E-state index in [1.807, 2.05) is 24.3 Å². The van der Waals surface area contributed by atoms with Crippen LogP contribution in [-0.2, 0) is 22.4 Å². The van der Waals surface area contributed by atoms with Crippen molar-refractivity contribution in [3.05, 3.63) is 48.0 Å². The molecule has 1 aromatic rings. The molecule has 0 saturated carbocycles. The van der Waals surface area contributed by atoms with Crippen LogP contribution in [0, 0.1) is 0 Å². The van der Waals surface area contributed by atoms with Gasteiger partial charge in [-0.05, 0) is 24.0 Å². The number of carbonyl (C=O) groups is 2. The van der Waals surface area contributed by atoms with Crippen LogP contribution in [0.4, 0.5) is 4.79 Å². The molecular weight excluding hydrogens is 258 g/mol. The van der Waals surface area contributed by atoms with Crippen molar-refractivity contribution in [2.24, 2.45) is 0 Å². The van der Waals surface area contributed by atoms with Crippen molar-refractivity contribution in [3.8, 4) is 0 Å². The van der Waals surface area contributed by atoms with Gasteiger partial charge in [0.2, 0.25) is 0 Å². The Labute approximate surface area is 117 Å². The van der Waals surface area contributed by atoms with Crippen LogP contribution in [0.25, 0.3) is 0 Å². The lowest BCUT2D eigenvalue weighted by atomic mass is 9.92. The van der Waals surface area contributed by atoms with E-state index >= 15 is 0 Å². The molecule has 1 aliphatic rings. The molecule has 0 aliphatic heterocycles. The zero-order valence-corrected chi connectivity index (χ0v) is 11.1. The van der Waals surface area contributed by atoms with Crippen molar-refractivity contribution in [1.82, 2.24) is 5.32 Å². The number of carbonyl (C=O) groups excluding carboxylic acids is 1. The molecule has 0 heterocycles. The number of alkyl carbamates (subject to hydrolysis) is 1. The van der Waals surface area contributed by atoms with E-state index in [0.29, 0.717) is 12.8 Å². The molecule has 5 nitrogen and oxygen atoms in total. The van der Waals surface area contributed by atoms with Gasteiger partial charge < -0.3 is 15.2 Å². The van der Waals surface area contributed by atoms with Gasteiger partial charge in [0.15, 0.2) is 0 Å². The topological polar surface area (TPSA) is 75.6 Å². The van der Waals surface area contributed by atoms with Crippen molar-refractivity contribution in [2.45, 2.75) is 24.8 Å². The van der Waals surface area contributed by atoms with Crippen LogP contribution in [0.15, 0.2) is 36.9 Å². The van der Waals surface area contributed by atoms with Crippen molar-refractivity contribution < 1.29 is 19.4 Å². The predicted molar refractivity (Wildman–Crippen MR) is 73.5 cm³/mol. The average Bonchev–Trinajstić information content (AvgIpc) is 2.72. The molecule has 0 atom stereocenters. The molecule has 1 aliphatic carbocycles. The molecule has 106 valence electrons. The van der Waals surface area contributed by atoms with E-state index in [-0.39, 0.29) is 13.0 Å². The summed E-state index contributed by atoms with van der Waals surface area (Å²) in [5.74, 6) is -0.943. The van der Waals surface area contributed by atoms with Gasteiger partial charge in [-0.15, -0.1) is 0 Å². The Bertz CT molecular complexity index is 513. The van der Waals surface area contributed by atoms with Crippen molar-refractivity contribution >= 4 is 12.1 Å². The summed E-state index contributed by atoms with van der Waals surface area (Å²) in [6.45, 7) is 3.56. The summed E-state index contributed by atoms with van der Waals surface area (Å²) >= 11 is 0. The Balaban J connectivity index is 2.15. The highest BCUT2D eigenvalue weighted by Crippen LogP contribution is 2.32. The average molecular weight is 275 g/mol. The smallest absolute Gasteiger partial charge is 0.407 e. The van der Waals surface area contributed by atoms with Gasteiger partial charge in [-0.25, -0.2) is 4.79 Å². The number of fused-ring (bicyclic) bond motifs is 1. The molecule has 0 spiro atoms. The largest absolute Gasteiger partial charge is 0.481 e. The normalized spacial score (nSPS) is 15.2. The van der Waals surface area contributed by atoms with E-state index < -0.39 is 17.6 Å².